The number of carboxylic acids is 5. The van der Waals surface area contributed by atoms with Crippen molar-refractivity contribution in [3.8, 4) is 0 Å². The molecule has 0 radical (unpaired) electrons. The summed E-state index contributed by atoms with van der Waals surface area (Å²) in [7, 11) is 0. The number of benzene rings is 1. The molecular formula is C74H119N21O29. The maximum Gasteiger partial charge on any atom is 0.326 e. The van der Waals surface area contributed by atoms with Crippen LogP contribution >= 0.6 is 0 Å². The fraction of sp³-hybridized carbons (Fsp3) is 0.622. The maximum absolute atomic E-state index is 14.5. The van der Waals surface area contributed by atoms with Gasteiger partial charge in [-0.3, -0.25) is 101 Å². The van der Waals surface area contributed by atoms with Crippen LogP contribution in [0, 0.1) is 23.2 Å². The lowest BCUT2D eigenvalue weighted by Gasteiger charge is -2.31. The van der Waals surface area contributed by atoms with Crippen molar-refractivity contribution in [2.45, 2.75) is 248 Å². The second-order valence-electron chi connectivity index (χ2n) is 29.5. The number of amides is 16. The van der Waals surface area contributed by atoms with Crippen LogP contribution in [-0.4, -0.2) is 294 Å². The largest absolute Gasteiger partial charge is 0.481 e. The van der Waals surface area contributed by atoms with Crippen LogP contribution < -0.4 is 108 Å². The molecule has 0 aliphatic carbocycles. The molecule has 0 aliphatic heterocycles. The molecular weight excluding hydrogens is 1650 g/mol. The van der Waals surface area contributed by atoms with Gasteiger partial charge in [-0.2, -0.15) is 0 Å². The molecule has 0 saturated carbocycles. The van der Waals surface area contributed by atoms with Gasteiger partial charge in [-0.05, 0) is 81.7 Å². The zero-order valence-electron chi connectivity index (χ0n) is 69.5. The quantitative estimate of drug-likeness (QED) is 0.0164. The first-order valence-corrected chi connectivity index (χ1v) is 39.5. The number of carbonyl (C=O) groups is 21. The van der Waals surface area contributed by atoms with Gasteiger partial charge >= 0.3 is 29.8 Å². The monoisotopic (exact) mass is 1770 g/mol. The van der Waals surface area contributed by atoms with Crippen molar-refractivity contribution in [3.63, 3.8) is 0 Å². The molecule has 124 heavy (non-hydrogen) atoms. The van der Waals surface area contributed by atoms with E-state index in [1.807, 2.05) is 21.3 Å². The van der Waals surface area contributed by atoms with Gasteiger partial charge in [-0.15, -0.1) is 0 Å². The smallest absolute Gasteiger partial charge is 0.326 e. The van der Waals surface area contributed by atoms with Gasteiger partial charge in [0.25, 0.3) is 0 Å². The van der Waals surface area contributed by atoms with E-state index in [1.54, 1.807) is 27.7 Å². The SMILES string of the molecule is CC[C@H](C)[C@H](NC(=O)[C@H](CC(=O)O)NC(=O)[C@H](CCCNC(=N)N)NC(=O)[C@@H](N)C(C)C)C(=O)N[C@H](C(=O)N[C@@H](CC(=O)O)C(=O)N[C@@H](CC(=O)O)C(=O)N[C@@H](Cc1ccccc1)C(=O)N[C@H](C(=O)N[C@@H](CC(N)=O)C(=O)N[C@@H](CCC(=O)O)C(=O)N[C@@H](CO)C(=O)N[C@@H](CO)C(=O)N[C@@H](CCC(N)=O)C(=O)N[C@@H](CCCCN)C(=O)O)[C@@H](C)O)[C@@H](C)CC. The van der Waals surface area contributed by atoms with Crippen LogP contribution in [0.4, 0.5) is 0 Å². The third-order valence-electron chi connectivity index (χ3n) is 19.1. The number of rotatable bonds is 61. The second-order valence-corrected chi connectivity index (χ2v) is 29.5. The maximum atomic E-state index is 14.5. The molecule has 0 bridgehead atoms. The number of carbonyl (C=O) groups excluding carboxylic acids is 16. The number of hydrogen-bond donors (Lipinski definition) is 29. The average Bonchev–Trinajstić information content (AvgIpc) is 0.840. The normalized spacial score (nSPS) is 15.4. The van der Waals surface area contributed by atoms with Crippen LogP contribution in [0.5, 0.6) is 0 Å². The number of aliphatic carboxylic acids is 5. The molecule has 34 N–H and O–H groups in total. The molecule has 1 rings (SSSR count). The molecule has 0 aliphatic rings. The average molecular weight is 1770 g/mol. The number of aliphatic hydroxyl groups is 3. The molecule has 0 heterocycles. The van der Waals surface area contributed by atoms with E-state index in [4.69, 9.17) is 34.1 Å². The summed E-state index contributed by atoms with van der Waals surface area (Å²) in [6.45, 7) is 7.83. The number of carboxylic acid groups (broad SMARTS) is 5. The van der Waals surface area contributed by atoms with Crippen LogP contribution in [0.3, 0.4) is 0 Å². The van der Waals surface area contributed by atoms with Crippen LogP contribution in [0.1, 0.15) is 150 Å². The summed E-state index contributed by atoms with van der Waals surface area (Å²) in [4.78, 5) is 281. The van der Waals surface area contributed by atoms with Crippen molar-refractivity contribution in [1.29, 1.82) is 5.41 Å². The van der Waals surface area contributed by atoms with E-state index >= 15 is 0 Å². The Bertz CT molecular complexity index is 3900. The molecule has 0 spiro atoms. The molecule has 1 aromatic rings. The summed E-state index contributed by atoms with van der Waals surface area (Å²) < 4.78 is 0. The Morgan fingerprint density at radius 1 is 0.371 bits per heavy atom. The summed E-state index contributed by atoms with van der Waals surface area (Å²) in [5.41, 5.74) is 27.7. The van der Waals surface area contributed by atoms with E-state index in [-0.39, 0.29) is 57.2 Å². The van der Waals surface area contributed by atoms with Crippen molar-refractivity contribution in [1.82, 2.24) is 79.8 Å². The highest BCUT2D eigenvalue weighted by Crippen LogP contribution is 2.17. The minimum Gasteiger partial charge on any atom is -0.481 e. The van der Waals surface area contributed by atoms with Crippen LogP contribution in [0.25, 0.3) is 0 Å². The lowest BCUT2D eigenvalue weighted by molar-refractivity contribution is -0.144. The molecule has 50 heteroatoms. The van der Waals surface area contributed by atoms with Gasteiger partial charge in [-0.1, -0.05) is 84.7 Å². The number of nitrogens with one attached hydrogen (secondary N) is 16. The molecule has 694 valence electrons. The van der Waals surface area contributed by atoms with Crippen molar-refractivity contribution < 1.29 is 142 Å². The molecule has 16 amide bonds. The summed E-state index contributed by atoms with van der Waals surface area (Å²) in [6.07, 6.45) is -9.81. The molecule has 0 aromatic heterocycles. The number of nitrogens with two attached hydrogens (primary N) is 5. The van der Waals surface area contributed by atoms with Gasteiger partial charge in [0.15, 0.2) is 5.96 Å². The zero-order valence-corrected chi connectivity index (χ0v) is 69.5. The topological polar surface area (TPSA) is 855 Å². The zero-order chi connectivity index (χ0) is 94.5. The second kappa shape index (κ2) is 56.0. The number of hydrogen-bond acceptors (Lipinski definition) is 27. The standard InChI is InChI=1S/C74H119N21O29/c1-8-34(5)56(94-71(121)57(35(6)9-2)93-66(116)46(30-54(107)108)87-59(109)38(19-15-25-81-74(79)80)84-69(119)55(78)33(3)4)70(120)90-45(29-53(105)106)64(114)88-44(28-52(103)104)63(113)86-42(26-37-16-11-10-12-17-37)65(115)95-58(36(7)98)72(122)89-43(27-50(77)100)62(112)82-40(21-23-51(101)102)61(111)91-48(32-97)68(118)92-47(31-96)67(117)83-39(20-22-49(76)99)60(110)85-41(73(123)124)18-13-14-24-75/h10-12,16-17,33-36,38-48,55-58,96-98H,8-9,13-15,18-32,75,78H2,1-7H3,(H2,76,99)(H2,77,100)(H,82,112)(H,83,117)(H,84,119)(H,85,110)(H,86,113)(H,87,109)(H,88,114)(H,89,122)(H,90,120)(H,91,111)(H,92,118)(H,93,116)(H,94,121)(H,95,115)(H,101,102)(H,103,104)(H,105,106)(H,107,108)(H,123,124)(H4,79,80,81)/t34-,35-,36+,38-,39-,40-,41-,42-,43-,44-,45-,46-,47-,48-,55-,56-,57-,58-/m0/s1. The minimum absolute atomic E-state index is 0.0395. The van der Waals surface area contributed by atoms with E-state index in [0.717, 1.165) is 6.92 Å². The number of aliphatic hydroxyl groups excluding tert-OH is 3. The first-order valence-electron chi connectivity index (χ1n) is 39.5. The number of unbranched alkanes of at least 4 members (excludes halogenated alkanes) is 1. The molecule has 0 fully saturated rings. The van der Waals surface area contributed by atoms with Gasteiger partial charge in [0.1, 0.15) is 84.6 Å². The van der Waals surface area contributed by atoms with Crippen molar-refractivity contribution in [2.24, 2.45) is 46.4 Å². The molecule has 50 nitrogen and oxygen atoms in total. The predicted octanol–water partition coefficient (Wildman–Crippen LogP) is -10.6. The summed E-state index contributed by atoms with van der Waals surface area (Å²) in [6, 6.07) is -21.1. The molecule has 1 aromatic carbocycles. The van der Waals surface area contributed by atoms with Gasteiger partial charge in [0.2, 0.25) is 94.5 Å². The van der Waals surface area contributed by atoms with Gasteiger partial charge in [0.05, 0.1) is 51.0 Å². The van der Waals surface area contributed by atoms with Gasteiger partial charge in [0, 0.05) is 25.8 Å². The lowest BCUT2D eigenvalue weighted by Crippen LogP contribution is -2.63. The molecule has 18 atom stereocenters. The van der Waals surface area contributed by atoms with Crippen LogP contribution in [0.2, 0.25) is 0 Å². The third kappa shape index (κ3) is 40.7. The fourth-order valence-electron chi connectivity index (χ4n) is 11.5. The van der Waals surface area contributed by atoms with Crippen molar-refractivity contribution >= 4 is 130 Å². The predicted molar refractivity (Wildman–Crippen MR) is 430 cm³/mol. The van der Waals surface area contributed by atoms with Crippen molar-refractivity contribution in [2.75, 3.05) is 26.3 Å². The Hall–Kier alpha value is -12.8. The van der Waals surface area contributed by atoms with Gasteiger partial charge in [-0.25, -0.2) is 4.79 Å². The Balaban J connectivity index is 3.73. The first-order chi connectivity index (χ1) is 58.1. The molecule has 0 saturated heterocycles. The fourth-order valence-corrected chi connectivity index (χ4v) is 11.5. The highest BCUT2D eigenvalue weighted by molar-refractivity contribution is 6.03. The van der Waals surface area contributed by atoms with E-state index in [9.17, 15) is 142 Å². The summed E-state index contributed by atoms with van der Waals surface area (Å²) in [5.74, 6) is -31.7. The molecule has 0 unspecified atom stereocenters. The Kier molecular flexibility index (Phi) is 49.3. The van der Waals surface area contributed by atoms with E-state index in [2.05, 4.69) is 58.5 Å². The van der Waals surface area contributed by atoms with Crippen molar-refractivity contribution in [3.05, 3.63) is 35.9 Å². The van der Waals surface area contributed by atoms with Crippen LogP contribution in [-0.2, 0) is 107 Å². The highest BCUT2D eigenvalue weighted by atomic mass is 16.4. The number of guanidine groups is 1. The number of primary amides is 2. The van der Waals surface area contributed by atoms with E-state index < -0.39 is 316 Å². The third-order valence-corrected chi connectivity index (χ3v) is 19.1. The summed E-state index contributed by atoms with van der Waals surface area (Å²) >= 11 is 0. The first kappa shape index (κ1) is 109. The highest BCUT2D eigenvalue weighted by Gasteiger charge is 2.42. The summed E-state index contributed by atoms with van der Waals surface area (Å²) in [5, 5.41) is 121. The Morgan fingerprint density at radius 2 is 0.702 bits per heavy atom. The van der Waals surface area contributed by atoms with E-state index in [1.165, 1.54) is 44.2 Å². The van der Waals surface area contributed by atoms with E-state index in [0.29, 0.717) is 6.42 Å². The Labute approximate surface area is 711 Å². The minimum atomic E-state index is -2.30. The lowest BCUT2D eigenvalue weighted by atomic mass is 9.94. The van der Waals surface area contributed by atoms with Crippen LogP contribution in [0.15, 0.2) is 30.3 Å². The van der Waals surface area contributed by atoms with Gasteiger partial charge < -0.3 is 149 Å². The Morgan fingerprint density at radius 3 is 1.09 bits per heavy atom.